The molecule has 0 N–H and O–H groups in total. The van der Waals surface area contributed by atoms with E-state index >= 15 is 0 Å². The van der Waals surface area contributed by atoms with Crippen LogP contribution in [0.15, 0.2) is 170 Å². The number of aromatic nitrogens is 2. The molecule has 2 heterocycles. The summed E-state index contributed by atoms with van der Waals surface area (Å²) in [5.74, 6) is 0. The second-order valence-electron chi connectivity index (χ2n) is 15.0. The maximum absolute atomic E-state index is 14.8. The van der Waals surface area contributed by atoms with Crippen molar-refractivity contribution >= 4 is 49.3 Å². The maximum Gasteiger partial charge on any atom is 0.416 e. The third-order valence-corrected chi connectivity index (χ3v) is 11.3. The van der Waals surface area contributed by atoms with E-state index in [1.54, 1.807) is 24.3 Å². The number of hydrogen-bond donors (Lipinski definition) is 0. The van der Waals surface area contributed by atoms with Crippen molar-refractivity contribution in [2.45, 2.75) is 20.0 Å². The number of aryl methyl sites for hydroxylation is 2. The summed E-state index contributed by atoms with van der Waals surface area (Å²) in [4.78, 5) is 3.80. The minimum absolute atomic E-state index is 0.384. The minimum atomic E-state index is -4.59. The summed E-state index contributed by atoms with van der Waals surface area (Å²) >= 11 is 0. The molecule has 0 amide bonds. The van der Waals surface area contributed by atoms with Gasteiger partial charge in [-0.1, -0.05) is 120 Å². The molecule has 0 aliphatic rings. The number of hydrogen-bond acceptors (Lipinski definition) is 0. The van der Waals surface area contributed by atoms with Gasteiger partial charge in [-0.2, -0.15) is 13.2 Å². The molecular formula is C52H34F3N3. The van der Waals surface area contributed by atoms with E-state index in [0.29, 0.717) is 28.2 Å². The van der Waals surface area contributed by atoms with Crippen LogP contribution in [0.25, 0.3) is 93.2 Å². The van der Waals surface area contributed by atoms with Crippen LogP contribution in [0.5, 0.6) is 0 Å². The lowest BCUT2D eigenvalue weighted by Crippen LogP contribution is -2.08. The average Bonchev–Trinajstić information content (AvgIpc) is 3.75. The lowest BCUT2D eigenvalue weighted by atomic mass is 9.97. The van der Waals surface area contributed by atoms with Crippen molar-refractivity contribution in [1.82, 2.24) is 9.13 Å². The largest absolute Gasteiger partial charge is 0.416 e. The Morgan fingerprint density at radius 1 is 0.431 bits per heavy atom. The van der Waals surface area contributed by atoms with E-state index in [0.717, 1.165) is 77.0 Å². The van der Waals surface area contributed by atoms with Crippen LogP contribution in [-0.4, -0.2) is 9.13 Å². The van der Waals surface area contributed by atoms with Crippen molar-refractivity contribution in [3.63, 3.8) is 0 Å². The zero-order valence-corrected chi connectivity index (χ0v) is 31.6. The summed E-state index contributed by atoms with van der Waals surface area (Å²) in [6, 6.07) is 54.8. The fourth-order valence-corrected chi connectivity index (χ4v) is 8.60. The van der Waals surface area contributed by atoms with Crippen LogP contribution in [0.4, 0.5) is 18.9 Å². The first-order valence-corrected chi connectivity index (χ1v) is 19.1. The van der Waals surface area contributed by atoms with Crippen molar-refractivity contribution in [2.75, 3.05) is 0 Å². The van der Waals surface area contributed by atoms with E-state index in [1.807, 2.05) is 48.5 Å². The Bertz CT molecular complexity index is 3320. The smallest absolute Gasteiger partial charge is 0.310 e. The third kappa shape index (κ3) is 5.74. The number of nitrogens with zero attached hydrogens (tertiary/aromatic N) is 3. The van der Waals surface area contributed by atoms with Gasteiger partial charge in [0.2, 0.25) is 0 Å². The van der Waals surface area contributed by atoms with Crippen LogP contribution in [0.1, 0.15) is 16.7 Å². The minimum Gasteiger partial charge on any atom is -0.310 e. The molecule has 0 saturated carbocycles. The van der Waals surface area contributed by atoms with Crippen LogP contribution in [0.3, 0.4) is 0 Å². The number of alkyl halides is 3. The molecule has 0 unspecified atom stereocenters. The second-order valence-corrected chi connectivity index (χ2v) is 15.0. The van der Waals surface area contributed by atoms with Gasteiger partial charge < -0.3 is 9.13 Å². The van der Waals surface area contributed by atoms with Crippen molar-refractivity contribution in [3.8, 4) is 44.8 Å². The van der Waals surface area contributed by atoms with E-state index in [9.17, 15) is 13.2 Å². The van der Waals surface area contributed by atoms with Gasteiger partial charge in [0.1, 0.15) is 0 Å². The number of rotatable bonds is 5. The Kier molecular flexibility index (Phi) is 8.10. The van der Waals surface area contributed by atoms with Gasteiger partial charge in [-0.3, -0.25) is 0 Å². The molecule has 0 aliphatic heterocycles. The van der Waals surface area contributed by atoms with E-state index < -0.39 is 11.7 Å². The van der Waals surface area contributed by atoms with E-state index in [1.165, 1.54) is 12.1 Å². The Hall–Kier alpha value is -7.36. The highest BCUT2D eigenvalue weighted by Crippen LogP contribution is 2.45. The number of para-hydroxylation sites is 2. The number of halogens is 3. The summed E-state index contributed by atoms with van der Waals surface area (Å²) in [5.41, 5.74) is 12.0. The molecule has 0 atom stereocenters. The topological polar surface area (TPSA) is 14.2 Å². The van der Waals surface area contributed by atoms with Gasteiger partial charge in [-0.05, 0) is 96.8 Å². The molecule has 58 heavy (non-hydrogen) atoms. The summed E-state index contributed by atoms with van der Waals surface area (Å²) < 4.78 is 48.4. The first-order chi connectivity index (χ1) is 28.2. The zero-order valence-electron chi connectivity index (χ0n) is 31.6. The number of fused-ring (bicyclic) bond motifs is 6. The fourth-order valence-electron chi connectivity index (χ4n) is 8.60. The Labute approximate surface area is 333 Å². The Morgan fingerprint density at radius 3 is 1.48 bits per heavy atom. The molecule has 0 radical (unpaired) electrons. The predicted molar refractivity (Wildman–Crippen MR) is 232 cm³/mol. The van der Waals surface area contributed by atoms with E-state index in [2.05, 4.69) is 113 Å². The third-order valence-electron chi connectivity index (χ3n) is 11.3. The van der Waals surface area contributed by atoms with Crippen molar-refractivity contribution in [2.24, 2.45) is 0 Å². The van der Waals surface area contributed by atoms with Crippen LogP contribution in [0, 0.1) is 20.4 Å². The summed E-state index contributed by atoms with van der Waals surface area (Å²) in [6.07, 6.45) is -4.59. The predicted octanol–water partition coefficient (Wildman–Crippen LogP) is 15.1. The molecule has 3 nitrogen and oxygen atoms in total. The highest BCUT2D eigenvalue weighted by molar-refractivity contribution is 6.13. The van der Waals surface area contributed by atoms with Crippen LogP contribution < -0.4 is 0 Å². The highest BCUT2D eigenvalue weighted by Gasteiger charge is 2.32. The molecule has 10 aromatic rings. The van der Waals surface area contributed by atoms with Gasteiger partial charge in [0.05, 0.1) is 39.9 Å². The number of benzene rings is 8. The Balaban J connectivity index is 1.27. The highest BCUT2D eigenvalue weighted by atomic mass is 19.4. The molecule has 6 heteroatoms. The van der Waals surface area contributed by atoms with Crippen molar-refractivity contribution in [3.05, 3.63) is 198 Å². The SMILES string of the molecule is [C-]#[N+]c1ccc(-c2cc(C(F)(F)F)ccc2-n2c3ccccc3c3cc(-c4cccc(C)c4)ccc32)c(-n2c3ccccc3c3cc(-c4cccc(C)c4)ccc32)c1. The fraction of sp³-hybridized carbons (Fsp3) is 0.0577. The average molecular weight is 758 g/mol. The quantitative estimate of drug-likeness (QED) is 0.155. The van der Waals surface area contributed by atoms with Gasteiger partial charge >= 0.3 is 6.18 Å². The molecule has 0 bridgehead atoms. The summed E-state index contributed by atoms with van der Waals surface area (Å²) in [7, 11) is 0. The normalized spacial score (nSPS) is 11.9. The molecule has 0 spiro atoms. The molecule has 0 aliphatic carbocycles. The lowest BCUT2D eigenvalue weighted by Gasteiger charge is -2.20. The van der Waals surface area contributed by atoms with Crippen molar-refractivity contribution in [1.29, 1.82) is 0 Å². The zero-order chi connectivity index (χ0) is 39.7. The molecule has 0 fully saturated rings. The first kappa shape index (κ1) is 35.1. The van der Waals surface area contributed by atoms with Crippen LogP contribution in [-0.2, 0) is 6.18 Å². The van der Waals surface area contributed by atoms with Gasteiger partial charge in [0.25, 0.3) is 0 Å². The maximum atomic E-state index is 14.8. The molecule has 278 valence electrons. The lowest BCUT2D eigenvalue weighted by molar-refractivity contribution is -0.137. The summed E-state index contributed by atoms with van der Waals surface area (Å²) in [5, 5.41) is 4.00. The summed E-state index contributed by atoms with van der Waals surface area (Å²) in [6.45, 7) is 12.2. The van der Waals surface area contributed by atoms with E-state index in [-0.39, 0.29) is 0 Å². The molecule has 10 rings (SSSR count). The monoisotopic (exact) mass is 757 g/mol. The van der Waals surface area contributed by atoms with Gasteiger partial charge in [0.15, 0.2) is 5.69 Å². The second kappa shape index (κ2) is 13.4. The van der Waals surface area contributed by atoms with E-state index in [4.69, 9.17) is 6.57 Å². The first-order valence-electron chi connectivity index (χ1n) is 19.1. The standard InChI is InChI=1S/C52H34F3N3/c1-32-10-8-12-34(26-32)36-18-23-48-43(28-36)40-14-4-6-16-46(40)57(48)50-25-20-38(52(53,54)55)30-45(50)42-22-21-39(56-3)31-51(42)58-47-17-7-5-15-41(47)44-29-37(19-24-49(44)58)35-13-9-11-33(2)27-35/h4-31H,1-2H3. The van der Waals surface area contributed by atoms with Crippen molar-refractivity contribution < 1.29 is 13.2 Å². The molecule has 0 saturated heterocycles. The van der Waals surface area contributed by atoms with Gasteiger partial charge in [0, 0.05) is 38.4 Å². The Morgan fingerprint density at radius 2 is 0.948 bits per heavy atom. The molecular weight excluding hydrogens is 724 g/mol. The van der Waals surface area contributed by atoms with Crippen LogP contribution in [0.2, 0.25) is 0 Å². The van der Waals surface area contributed by atoms with Crippen LogP contribution >= 0.6 is 0 Å². The van der Waals surface area contributed by atoms with Gasteiger partial charge in [-0.25, -0.2) is 4.85 Å². The molecule has 8 aromatic carbocycles. The molecule has 2 aromatic heterocycles. The van der Waals surface area contributed by atoms with Gasteiger partial charge in [-0.15, -0.1) is 0 Å².